The number of hydrogen-bond acceptors (Lipinski definition) is 3. The molecule has 0 spiro atoms. The number of rotatable bonds is 1. The van der Waals surface area contributed by atoms with Gasteiger partial charge < -0.3 is 4.74 Å². The van der Waals surface area contributed by atoms with E-state index in [-0.39, 0.29) is 17.9 Å². The molecule has 2 aliphatic rings. The first-order chi connectivity index (χ1) is 10.1. The topological polar surface area (TPSA) is 50.1 Å². The van der Waals surface area contributed by atoms with Crippen LogP contribution in [0.5, 0.6) is 0 Å². The molecule has 3 nitrogen and oxygen atoms in total. The maximum atomic E-state index is 13.8. The molecule has 0 aromatic carbocycles. The standard InChI is InChI=1S/C17H22FNO2/c1-12-2-5-14(16(18)10-12)6-9-17(20)21-15-7-3-13(11-19)4-8-15/h12-16H,2-5,7-8,10H2,1H3. The lowest BCUT2D eigenvalue weighted by Crippen LogP contribution is -2.25. The first kappa shape index (κ1) is 15.8. The number of nitrogens with zero attached hydrogens (tertiary/aromatic N) is 1. The van der Waals surface area contributed by atoms with Crippen LogP contribution in [0.15, 0.2) is 0 Å². The minimum absolute atomic E-state index is 0.0857. The Balaban J connectivity index is 1.78. The van der Waals surface area contributed by atoms with E-state index in [9.17, 15) is 9.18 Å². The summed E-state index contributed by atoms with van der Waals surface area (Å²) in [5, 5.41) is 8.82. The van der Waals surface area contributed by atoms with Gasteiger partial charge in [0.15, 0.2) is 0 Å². The van der Waals surface area contributed by atoms with Crippen molar-refractivity contribution in [3.63, 3.8) is 0 Å². The fourth-order valence-electron chi connectivity index (χ4n) is 3.12. The zero-order valence-electron chi connectivity index (χ0n) is 12.5. The molecular formula is C17H22FNO2. The second-order valence-electron chi connectivity index (χ2n) is 6.32. The summed E-state index contributed by atoms with van der Waals surface area (Å²) in [6.45, 7) is 2.04. The molecule has 0 saturated heterocycles. The Morgan fingerprint density at radius 1 is 1.19 bits per heavy atom. The average Bonchev–Trinajstić information content (AvgIpc) is 2.47. The SMILES string of the molecule is CC1CCC(C#CC(=O)OC2CCC(C#N)CC2)C(F)C1. The molecule has 21 heavy (non-hydrogen) atoms. The number of carbonyl (C=O) groups excluding carboxylic acids is 1. The second-order valence-corrected chi connectivity index (χ2v) is 6.32. The van der Waals surface area contributed by atoms with Crippen LogP contribution in [0.3, 0.4) is 0 Å². The molecular weight excluding hydrogens is 269 g/mol. The van der Waals surface area contributed by atoms with Gasteiger partial charge in [-0.3, -0.25) is 0 Å². The molecule has 0 heterocycles. The Labute approximate surface area is 125 Å². The molecule has 0 radical (unpaired) electrons. The average molecular weight is 291 g/mol. The van der Waals surface area contributed by atoms with Gasteiger partial charge in [-0.2, -0.15) is 5.26 Å². The maximum absolute atomic E-state index is 13.8. The third kappa shape index (κ3) is 4.74. The third-order valence-electron chi connectivity index (χ3n) is 4.52. The molecule has 3 unspecified atom stereocenters. The van der Waals surface area contributed by atoms with E-state index < -0.39 is 12.1 Å². The van der Waals surface area contributed by atoms with Crippen molar-refractivity contribution in [2.75, 3.05) is 0 Å². The summed E-state index contributed by atoms with van der Waals surface area (Å²) >= 11 is 0. The zero-order valence-corrected chi connectivity index (χ0v) is 12.5. The molecule has 0 bridgehead atoms. The van der Waals surface area contributed by atoms with Crippen molar-refractivity contribution in [1.82, 2.24) is 0 Å². The lowest BCUT2D eigenvalue weighted by atomic mass is 9.82. The van der Waals surface area contributed by atoms with E-state index in [0.717, 1.165) is 38.5 Å². The summed E-state index contributed by atoms with van der Waals surface area (Å²) in [5.41, 5.74) is 0. The number of ether oxygens (including phenoxy) is 1. The van der Waals surface area contributed by atoms with E-state index in [0.29, 0.717) is 12.3 Å². The van der Waals surface area contributed by atoms with Crippen molar-refractivity contribution < 1.29 is 13.9 Å². The van der Waals surface area contributed by atoms with Crippen LogP contribution in [0.2, 0.25) is 0 Å². The van der Waals surface area contributed by atoms with E-state index in [4.69, 9.17) is 10.00 Å². The molecule has 0 aromatic rings. The number of nitriles is 1. The van der Waals surface area contributed by atoms with Gasteiger partial charge in [-0.1, -0.05) is 12.8 Å². The van der Waals surface area contributed by atoms with Crippen molar-refractivity contribution in [3.8, 4) is 17.9 Å². The van der Waals surface area contributed by atoms with Crippen LogP contribution in [0.4, 0.5) is 4.39 Å². The van der Waals surface area contributed by atoms with Gasteiger partial charge in [-0.25, -0.2) is 9.18 Å². The summed E-state index contributed by atoms with van der Waals surface area (Å²) in [7, 11) is 0. The molecule has 2 fully saturated rings. The number of carbonyl (C=O) groups is 1. The fraction of sp³-hybridized carbons (Fsp3) is 0.765. The van der Waals surface area contributed by atoms with Crippen LogP contribution in [0.25, 0.3) is 0 Å². The van der Waals surface area contributed by atoms with Gasteiger partial charge in [-0.15, -0.1) is 0 Å². The van der Waals surface area contributed by atoms with Gasteiger partial charge in [0.25, 0.3) is 0 Å². The highest BCUT2D eigenvalue weighted by atomic mass is 19.1. The summed E-state index contributed by atoms with van der Waals surface area (Å²) in [6.07, 6.45) is 4.14. The van der Waals surface area contributed by atoms with E-state index in [2.05, 4.69) is 17.9 Å². The molecule has 0 N–H and O–H groups in total. The lowest BCUT2D eigenvalue weighted by molar-refractivity contribution is -0.143. The molecule has 2 rings (SSSR count). The highest BCUT2D eigenvalue weighted by molar-refractivity contribution is 5.88. The van der Waals surface area contributed by atoms with Crippen molar-refractivity contribution in [1.29, 1.82) is 5.26 Å². The summed E-state index contributed by atoms with van der Waals surface area (Å²) < 4.78 is 19.1. The van der Waals surface area contributed by atoms with Crippen LogP contribution in [-0.4, -0.2) is 18.2 Å². The van der Waals surface area contributed by atoms with Gasteiger partial charge in [0.2, 0.25) is 0 Å². The highest BCUT2D eigenvalue weighted by Gasteiger charge is 2.27. The zero-order chi connectivity index (χ0) is 15.2. The number of alkyl halides is 1. The Bertz CT molecular complexity index is 465. The van der Waals surface area contributed by atoms with Crippen LogP contribution in [0, 0.1) is 40.9 Å². The fourth-order valence-corrected chi connectivity index (χ4v) is 3.12. The Morgan fingerprint density at radius 3 is 2.52 bits per heavy atom. The Morgan fingerprint density at radius 2 is 1.90 bits per heavy atom. The Kier molecular flexibility index (Phi) is 5.62. The van der Waals surface area contributed by atoms with Crippen molar-refractivity contribution in [3.05, 3.63) is 0 Å². The normalized spacial score (nSPS) is 36.0. The van der Waals surface area contributed by atoms with Crippen molar-refractivity contribution in [2.24, 2.45) is 17.8 Å². The molecule has 0 aliphatic heterocycles. The molecule has 4 heteroatoms. The van der Waals surface area contributed by atoms with Gasteiger partial charge in [0.05, 0.1) is 12.0 Å². The van der Waals surface area contributed by atoms with E-state index in [1.165, 1.54) is 0 Å². The quantitative estimate of drug-likeness (QED) is 0.423. The highest BCUT2D eigenvalue weighted by Crippen LogP contribution is 2.30. The Hall–Kier alpha value is -1.55. The summed E-state index contributed by atoms with van der Waals surface area (Å²) in [5.74, 6) is 4.81. The first-order valence-electron chi connectivity index (χ1n) is 7.84. The molecule has 3 atom stereocenters. The van der Waals surface area contributed by atoms with Crippen LogP contribution < -0.4 is 0 Å². The first-order valence-corrected chi connectivity index (χ1v) is 7.84. The molecule has 2 saturated carbocycles. The predicted octanol–water partition coefficient (Wildman–Crippen LogP) is 3.39. The third-order valence-corrected chi connectivity index (χ3v) is 4.52. The van der Waals surface area contributed by atoms with Crippen molar-refractivity contribution >= 4 is 5.97 Å². The van der Waals surface area contributed by atoms with E-state index >= 15 is 0 Å². The number of halogens is 1. The van der Waals surface area contributed by atoms with Gasteiger partial charge >= 0.3 is 5.97 Å². The molecule has 0 amide bonds. The molecule has 2 aliphatic carbocycles. The van der Waals surface area contributed by atoms with Gasteiger partial charge in [0, 0.05) is 11.8 Å². The largest absolute Gasteiger partial charge is 0.453 e. The number of esters is 1. The van der Waals surface area contributed by atoms with Crippen molar-refractivity contribution in [2.45, 2.75) is 64.1 Å². The number of hydrogen-bond donors (Lipinski definition) is 0. The van der Waals surface area contributed by atoms with Gasteiger partial charge in [-0.05, 0) is 50.9 Å². The van der Waals surface area contributed by atoms with Crippen LogP contribution in [0.1, 0.15) is 51.9 Å². The van der Waals surface area contributed by atoms with Gasteiger partial charge in [0.1, 0.15) is 12.3 Å². The van der Waals surface area contributed by atoms with Crippen LogP contribution in [-0.2, 0) is 9.53 Å². The summed E-state index contributed by atoms with van der Waals surface area (Å²) in [4.78, 5) is 11.7. The molecule has 114 valence electrons. The van der Waals surface area contributed by atoms with Crippen LogP contribution >= 0.6 is 0 Å². The van der Waals surface area contributed by atoms with E-state index in [1.54, 1.807) is 0 Å². The predicted molar refractivity (Wildman–Crippen MR) is 76.6 cm³/mol. The summed E-state index contributed by atoms with van der Waals surface area (Å²) in [6, 6.07) is 2.24. The minimum atomic E-state index is -0.930. The maximum Gasteiger partial charge on any atom is 0.384 e. The van der Waals surface area contributed by atoms with E-state index in [1.807, 2.05) is 6.92 Å². The molecule has 0 aromatic heterocycles. The lowest BCUT2D eigenvalue weighted by Gasteiger charge is -2.26. The monoisotopic (exact) mass is 291 g/mol. The smallest absolute Gasteiger partial charge is 0.384 e. The minimum Gasteiger partial charge on any atom is -0.453 e. The second kappa shape index (κ2) is 7.46.